The van der Waals surface area contributed by atoms with E-state index >= 15 is 0 Å². The molecule has 0 atom stereocenters. The van der Waals surface area contributed by atoms with Gasteiger partial charge in [-0.2, -0.15) is 0 Å². The van der Waals surface area contributed by atoms with Crippen LogP contribution in [-0.2, 0) is 11.3 Å². The van der Waals surface area contributed by atoms with Gasteiger partial charge in [0.1, 0.15) is 17.8 Å². The molecular formula is C9H13BNO4. The Morgan fingerprint density at radius 2 is 2.27 bits per heavy atom. The normalized spacial score (nSPS) is 17.7. The molecule has 0 amide bonds. The lowest BCUT2D eigenvalue weighted by atomic mass is 10.3. The molecule has 6 heteroatoms. The van der Waals surface area contributed by atoms with E-state index in [9.17, 15) is 0 Å². The van der Waals surface area contributed by atoms with Crippen molar-refractivity contribution in [2.24, 2.45) is 0 Å². The predicted octanol–water partition coefficient (Wildman–Crippen LogP) is 0.0171. The van der Waals surface area contributed by atoms with Crippen molar-refractivity contribution in [3.8, 4) is 5.75 Å². The van der Waals surface area contributed by atoms with Gasteiger partial charge in [0.2, 0.25) is 0 Å². The highest BCUT2D eigenvalue weighted by Crippen LogP contribution is 2.17. The molecule has 1 N–H and O–H groups in total. The zero-order chi connectivity index (χ0) is 10.5. The summed E-state index contributed by atoms with van der Waals surface area (Å²) < 4.78 is 15.3. The molecule has 5 nitrogen and oxygen atoms in total. The van der Waals surface area contributed by atoms with E-state index in [1.807, 2.05) is 0 Å². The minimum atomic E-state index is 0.515. The van der Waals surface area contributed by atoms with E-state index in [1.54, 1.807) is 6.07 Å². The molecule has 15 heavy (non-hydrogen) atoms. The van der Waals surface area contributed by atoms with Crippen LogP contribution in [0, 0.1) is 0 Å². The molecule has 81 valence electrons. The highest BCUT2D eigenvalue weighted by atomic mass is 16.5. The molecule has 2 heterocycles. The summed E-state index contributed by atoms with van der Waals surface area (Å²) in [6, 6.07) is 1.77. The van der Waals surface area contributed by atoms with Crippen molar-refractivity contribution in [1.82, 2.24) is 4.90 Å². The first-order valence-corrected chi connectivity index (χ1v) is 4.88. The van der Waals surface area contributed by atoms with Gasteiger partial charge < -0.3 is 18.8 Å². The summed E-state index contributed by atoms with van der Waals surface area (Å²) in [6.07, 6.45) is 1.47. The lowest BCUT2D eigenvalue weighted by Gasteiger charge is -2.25. The molecule has 1 aliphatic rings. The molecule has 0 spiro atoms. The van der Waals surface area contributed by atoms with Crippen LogP contribution in [0.5, 0.6) is 5.75 Å². The smallest absolute Gasteiger partial charge is 0.535 e. The lowest BCUT2D eigenvalue weighted by molar-refractivity contribution is 0.0313. The maximum atomic E-state index is 8.43. The first-order valence-electron chi connectivity index (χ1n) is 4.88. The fourth-order valence-electron chi connectivity index (χ4n) is 1.55. The third-order valence-electron chi connectivity index (χ3n) is 2.30. The molecular weight excluding hydrogens is 197 g/mol. The van der Waals surface area contributed by atoms with Gasteiger partial charge in [0.15, 0.2) is 0 Å². The van der Waals surface area contributed by atoms with E-state index < -0.39 is 0 Å². The third-order valence-corrected chi connectivity index (χ3v) is 2.30. The van der Waals surface area contributed by atoms with Crippen LogP contribution in [0.4, 0.5) is 0 Å². The van der Waals surface area contributed by atoms with Gasteiger partial charge in [-0.25, -0.2) is 0 Å². The predicted molar refractivity (Wildman–Crippen MR) is 53.4 cm³/mol. The molecule has 1 fully saturated rings. The van der Waals surface area contributed by atoms with Gasteiger partial charge in [-0.05, 0) is 0 Å². The van der Waals surface area contributed by atoms with Crippen molar-refractivity contribution >= 4 is 7.69 Å². The first-order chi connectivity index (χ1) is 7.38. The Hall–Kier alpha value is -0.975. The van der Waals surface area contributed by atoms with E-state index in [4.69, 9.17) is 18.8 Å². The molecule has 1 radical (unpaired) electrons. The van der Waals surface area contributed by atoms with Gasteiger partial charge >= 0.3 is 7.69 Å². The Morgan fingerprint density at radius 3 is 3.00 bits per heavy atom. The van der Waals surface area contributed by atoms with Crippen LogP contribution < -0.4 is 4.65 Å². The second-order valence-corrected chi connectivity index (χ2v) is 3.36. The van der Waals surface area contributed by atoms with Crippen LogP contribution >= 0.6 is 0 Å². The lowest BCUT2D eigenvalue weighted by Crippen LogP contribution is -2.35. The molecule has 0 unspecified atom stereocenters. The standard InChI is InChI=1S/C9H13BNO4/c12-10-15-9-5-8(14-7-9)6-11-1-3-13-4-2-11/h5,7,12H,1-4,6H2. The Labute approximate surface area is 88.9 Å². The summed E-state index contributed by atoms with van der Waals surface area (Å²) in [5.41, 5.74) is 0. The molecule has 1 aliphatic heterocycles. The summed E-state index contributed by atoms with van der Waals surface area (Å²) in [6.45, 7) is 4.13. The number of hydrogen-bond acceptors (Lipinski definition) is 5. The van der Waals surface area contributed by atoms with Crippen LogP contribution in [0.15, 0.2) is 16.7 Å². The van der Waals surface area contributed by atoms with Crippen molar-refractivity contribution in [3.63, 3.8) is 0 Å². The molecule has 0 saturated carbocycles. The van der Waals surface area contributed by atoms with E-state index in [-0.39, 0.29) is 0 Å². The average Bonchev–Trinajstić information content (AvgIpc) is 2.68. The van der Waals surface area contributed by atoms with Crippen LogP contribution in [-0.4, -0.2) is 43.9 Å². The van der Waals surface area contributed by atoms with Gasteiger partial charge in [0, 0.05) is 19.2 Å². The van der Waals surface area contributed by atoms with Crippen molar-refractivity contribution in [1.29, 1.82) is 0 Å². The van der Waals surface area contributed by atoms with Crippen molar-refractivity contribution in [3.05, 3.63) is 18.1 Å². The fraction of sp³-hybridized carbons (Fsp3) is 0.556. The summed E-state index contributed by atoms with van der Waals surface area (Å²) >= 11 is 0. The summed E-state index contributed by atoms with van der Waals surface area (Å²) in [5, 5.41) is 8.43. The number of rotatable bonds is 4. The topological polar surface area (TPSA) is 55.1 Å². The average molecular weight is 210 g/mol. The van der Waals surface area contributed by atoms with Gasteiger partial charge in [0.25, 0.3) is 0 Å². The van der Waals surface area contributed by atoms with Crippen LogP contribution in [0.1, 0.15) is 5.76 Å². The van der Waals surface area contributed by atoms with E-state index in [1.165, 1.54) is 6.26 Å². The van der Waals surface area contributed by atoms with Crippen LogP contribution in [0.3, 0.4) is 0 Å². The Balaban J connectivity index is 1.86. The first kappa shape index (κ1) is 10.5. The second kappa shape index (κ2) is 5.20. The zero-order valence-electron chi connectivity index (χ0n) is 8.39. The Bertz CT molecular complexity index is 298. The summed E-state index contributed by atoms with van der Waals surface area (Å²) in [5.74, 6) is 1.34. The Kier molecular flexibility index (Phi) is 3.66. The monoisotopic (exact) mass is 210 g/mol. The van der Waals surface area contributed by atoms with Gasteiger partial charge in [0.05, 0.1) is 19.8 Å². The summed E-state index contributed by atoms with van der Waals surface area (Å²) in [4.78, 5) is 2.24. The highest BCUT2D eigenvalue weighted by molar-refractivity contribution is 6.17. The van der Waals surface area contributed by atoms with Crippen molar-refractivity contribution < 1.29 is 18.8 Å². The second-order valence-electron chi connectivity index (χ2n) is 3.36. The van der Waals surface area contributed by atoms with Crippen LogP contribution in [0.25, 0.3) is 0 Å². The van der Waals surface area contributed by atoms with E-state index in [0.29, 0.717) is 13.4 Å². The Morgan fingerprint density at radius 1 is 1.47 bits per heavy atom. The van der Waals surface area contributed by atoms with Crippen LogP contribution in [0.2, 0.25) is 0 Å². The number of furan rings is 1. The maximum Gasteiger partial charge on any atom is 0.569 e. The number of ether oxygens (including phenoxy) is 1. The largest absolute Gasteiger partial charge is 0.569 e. The van der Waals surface area contributed by atoms with Gasteiger partial charge in [-0.1, -0.05) is 0 Å². The number of hydrogen-bond donors (Lipinski definition) is 1. The van der Waals surface area contributed by atoms with Crippen molar-refractivity contribution in [2.45, 2.75) is 6.54 Å². The van der Waals surface area contributed by atoms with Gasteiger partial charge in [-0.15, -0.1) is 0 Å². The van der Waals surface area contributed by atoms with Gasteiger partial charge in [-0.3, -0.25) is 4.90 Å². The SMILES string of the molecule is O[B]Oc1coc(CN2CCOCC2)c1. The summed E-state index contributed by atoms with van der Waals surface area (Å²) in [7, 11) is 0.642. The number of morpholine rings is 1. The van der Waals surface area contributed by atoms with E-state index in [2.05, 4.69) is 4.90 Å². The molecule has 1 saturated heterocycles. The molecule has 2 rings (SSSR count). The molecule has 0 aromatic carbocycles. The zero-order valence-corrected chi connectivity index (χ0v) is 8.39. The van der Waals surface area contributed by atoms with Crippen molar-refractivity contribution in [2.75, 3.05) is 26.3 Å². The minimum Gasteiger partial charge on any atom is -0.535 e. The minimum absolute atomic E-state index is 0.515. The molecule has 1 aromatic heterocycles. The fourth-order valence-corrected chi connectivity index (χ4v) is 1.55. The molecule has 1 aromatic rings. The maximum absolute atomic E-state index is 8.43. The quantitative estimate of drug-likeness (QED) is 0.709. The molecule has 0 aliphatic carbocycles. The third kappa shape index (κ3) is 2.99. The molecule has 0 bridgehead atoms. The number of nitrogens with zero attached hydrogens (tertiary/aromatic N) is 1. The van der Waals surface area contributed by atoms with E-state index in [0.717, 1.165) is 38.6 Å². The highest BCUT2D eigenvalue weighted by Gasteiger charge is 2.13.